The fourth-order valence-corrected chi connectivity index (χ4v) is 5.24. The van der Waals surface area contributed by atoms with E-state index < -0.39 is 0 Å². The molecule has 2 saturated carbocycles. The summed E-state index contributed by atoms with van der Waals surface area (Å²) in [4.78, 5) is 3.31. The van der Waals surface area contributed by atoms with Crippen molar-refractivity contribution in [2.75, 3.05) is 0 Å². The van der Waals surface area contributed by atoms with Crippen molar-refractivity contribution < 1.29 is 0 Å². The fraction of sp³-hybridized carbons (Fsp3) is 0.562. The summed E-state index contributed by atoms with van der Waals surface area (Å²) in [5.74, 6) is 2.61. The minimum atomic E-state index is 0.437. The Labute approximate surface area is 129 Å². The van der Waals surface area contributed by atoms with Crippen LogP contribution in [-0.4, -0.2) is 9.55 Å². The Kier molecular flexibility index (Phi) is 2.97. The molecule has 2 aliphatic rings. The number of hydrogen-bond donors (Lipinski definition) is 1. The van der Waals surface area contributed by atoms with Crippen LogP contribution in [-0.2, 0) is 0 Å². The third-order valence-electron chi connectivity index (χ3n) is 5.51. The molecule has 1 N–H and O–H groups in total. The lowest BCUT2D eigenvalue weighted by molar-refractivity contribution is 0.245. The second-order valence-electron chi connectivity index (χ2n) is 6.52. The monoisotopic (exact) mass is 306 g/mol. The van der Waals surface area contributed by atoms with E-state index in [1.54, 1.807) is 0 Å². The number of nitrogens with one attached hydrogen (secondary N) is 1. The number of nitrogens with zero attached hydrogens (tertiary/aromatic N) is 1. The number of benzene rings is 1. The van der Waals surface area contributed by atoms with Gasteiger partial charge in [-0.05, 0) is 68.3 Å². The smallest absolute Gasteiger partial charge is 0.178 e. The van der Waals surface area contributed by atoms with Crippen molar-refractivity contribution in [3.8, 4) is 0 Å². The summed E-state index contributed by atoms with van der Waals surface area (Å²) in [7, 11) is 0. The van der Waals surface area contributed by atoms with Gasteiger partial charge in [-0.25, -0.2) is 0 Å². The molecule has 4 atom stereocenters. The molecule has 0 aliphatic heterocycles. The summed E-state index contributed by atoms with van der Waals surface area (Å²) < 4.78 is 3.07. The molecule has 2 bridgehead atoms. The van der Waals surface area contributed by atoms with E-state index in [1.165, 1.54) is 25.7 Å². The normalized spacial score (nSPS) is 30.2. The quantitative estimate of drug-likeness (QED) is 0.742. The van der Waals surface area contributed by atoms with Gasteiger partial charge in [0.25, 0.3) is 0 Å². The van der Waals surface area contributed by atoms with Crippen molar-refractivity contribution in [2.45, 2.75) is 38.6 Å². The highest BCUT2D eigenvalue weighted by Gasteiger charge is 2.42. The minimum Gasteiger partial charge on any atom is -0.331 e. The standard InChI is InChI=1S/C16H19ClN2S/c1-9(12-8-10-5-6-11(12)7-10)19-15-13(17)3-2-4-14(15)18-16(19)20/h2-4,9-12H,5-8H2,1H3,(H,18,20). The van der Waals surface area contributed by atoms with Gasteiger partial charge in [-0.3, -0.25) is 0 Å². The molecule has 2 aliphatic carbocycles. The average molecular weight is 307 g/mol. The van der Waals surface area contributed by atoms with Crippen LogP contribution in [0.15, 0.2) is 18.2 Å². The summed E-state index contributed by atoms with van der Waals surface area (Å²) in [5.41, 5.74) is 2.13. The van der Waals surface area contributed by atoms with Crippen LogP contribution in [0.3, 0.4) is 0 Å². The van der Waals surface area contributed by atoms with Crippen LogP contribution < -0.4 is 0 Å². The zero-order valence-electron chi connectivity index (χ0n) is 11.6. The van der Waals surface area contributed by atoms with Crippen molar-refractivity contribution in [1.29, 1.82) is 0 Å². The van der Waals surface area contributed by atoms with Gasteiger partial charge in [0, 0.05) is 6.04 Å². The summed E-state index contributed by atoms with van der Waals surface area (Å²) in [6.07, 6.45) is 5.64. The van der Waals surface area contributed by atoms with E-state index in [9.17, 15) is 0 Å². The molecule has 4 rings (SSSR count). The number of aromatic amines is 1. The maximum atomic E-state index is 6.42. The molecular weight excluding hydrogens is 288 g/mol. The largest absolute Gasteiger partial charge is 0.331 e. The first-order valence-electron chi connectivity index (χ1n) is 7.54. The van der Waals surface area contributed by atoms with Crippen LogP contribution in [0.5, 0.6) is 0 Å². The molecule has 1 heterocycles. The number of hydrogen-bond acceptors (Lipinski definition) is 1. The fourth-order valence-electron chi connectivity index (χ4n) is 4.60. The van der Waals surface area contributed by atoms with Crippen LogP contribution in [0.1, 0.15) is 38.6 Å². The molecule has 2 fully saturated rings. The lowest BCUT2D eigenvalue weighted by Crippen LogP contribution is -2.22. The van der Waals surface area contributed by atoms with Crippen molar-refractivity contribution in [2.24, 2.45) is 17.8 Å². The molecule has 0 spiro atoms. The number of rotatable bonds is 2. The van der Waals surface area contributed by atoms with Crippen LogP contribution in [0.4, 0.5) is 0 Å². The molecule has 4 unspecified atom stereocenters. The highest BCUT2D eigenvalue weighted by Crippen LogP contribution is 2.52. The molecule has 106 valence electrons. The summed E-state index contributed by atoms with van der Waals surface area (Å²) in [5, 5.41) is 0.796. The number of halogens is 1. The molecule has 0 amide bonds. The third-order valence-corrected chi connectivity index (χ3v) is 6.11. The number of H-pyrrole nitrogens is 1. The van der Waals surface area contributed by atoms with Crippen LogP contribution >= 0.6 is 23.8 Å². The number of aromatic nitrogens is 2. The molecule has 20 heavy (non-hydrogen) atoms. The lowest BCUT2D eigenvalue weighted by atomic mass is 9.84. The minimum absolute atomic E-state index is 0.437. The van der Waals surface area contributed by atoms with Crippen LogP contribution in [0.25, 0.3) is 11.0 Å². The van der Waals surface area contributed by atoms with Gasteiger partial charge in [-0.1, -0.05) is 24.1 Å². The van der Waals surface area contributed by atoms with Crippen molar-refractivity contribution >= 4 is 34.9 Å². The molecule has 2 nitrogen and oxygen atoms in total. The molecular formula is C16H19ClN2S. The highest BCUT2D eigenvalue weighted by atomic mass is 35.5. The molecule has 0 saturated heterocycles. The number of para-hydroxylation sites is 1. The zero-order chi connectivity index (χ0) is 13.9. The molecule has 0 radical (unpaired) electrons. The maximum Gasteiger partial charge on any atom is 0.178 e. The topological polar surface area (TPSA) is 20.7 Å². The van der Waals surface area contributed by atoms with Gasteiger partial charge >= 0.3 is 0 Å². The second kappa shape index (κ2) is 4.60. The molecule has 2 aromatic rings. The van der Waals surface area contributed by atoms with Gasteiger partial charge in [0.15, 0.2) is 4.77 Å². The van der Waals surface area contributed by atoms with Crippen molar-refractivity contribution in [3.63, 3.8) is 0 Å². The Morgan fingerprint density at radius 1 is 1.35 bits per heavy atom. The Balaban J connectivity index is 1.82. The first-order chi connectivity index (χ1) is 9.65. The predicted octanol–water partition coefficient (Wildman–Crippen LogP) is 5.35. The second-order valence-corrected chi connectivity index (χ2v) is 7.31. The number of imidazole rings is 1. The van der Waals surface area contributed by atoms with Gasteiger partial charge in [0.1, 0.15) is 0 Å². The third kappa shape index (κ3) is 1.79. The van der Waals surface area contributed by atoms with Crippen LogP contribution in [0, 0.1) is 22.5 Å². The van der Waals surface area contributed by atoms with E-state index in [0.717, 1.165) is 38.6 Å². The molecule has 4 heteroatoms. The van der Waals surface area contributed by atoms with Gasteiger partial charge in [0.05, 0.1) is 16.1 Å². The van der Waals surface area contributed by atoms with Gasteiger partial charge < -0.3 is 9.55 Å². The maximum absolute atomic E-state index is 6.42. The zero-order valence-corrected chi connectivity index (χ0v) is 13.2. The van der Waals surface area contributed by atoms with E-state index in [4.69, 9.17) is 23.8 Å². The van der Waals surface area contributed by atoms with Crippen LogP contribution in [0.2, 0.25) is 5.02 Å². The Morgan fingerprint density at radius 2 is 2.20 bits per heavy atom. The van der Waals surface area contributed by atoms with Gasteiger partial charge in [-0.2, -0.15) is 0 Å². The molecule has 1 aromatic heterocycles. The summed E-state index contributed by atoms with van der Waals surface area (Å²) >= 11 is 12.0. The van der Waals surface area contributed by atoms with E-state index >= 15 is 0 Å². The van der Waals surface area contributed by atoms with E-state index in [-0.39, 0.29) is 0 Å². The average Bonchev–Trinajstić information content (AvgIpc) is 3.11. The Hall–Kier alpha value is -0.800. The van der Waals surface area contributed by atoms with E-state index in [2.05, 4.69) is 22.5 Å². The van der Waals surface area contributed by atoms with Crippen molar-refractivity contribution in [3.05, 3.63) is 28.0 Å². The first-order valence-corrected chi connectivity index (χ1v) is 8.32. The Bertz CT molecular complexity index is 717. The molecule has 1 aromatic carbocycles. The lowest BCUT2D eigenvalue weighted by Gasteiger charge is -2.29. The van der Waals surface area contributed by atoms with Gasteiger partial charge in [-0.15, -0.1) is 0 Å². The number of fused-ring (bicyclic) bond motifs is 3. The SMILES string of the molecule is CC(C1CC2CCC1C2)n1c(=S)[nH]c2cccc(Cl)c21. The van der Waals surface area contributed by atoms with E-state index in [0.29, 0.717) is 6.04 Å². The summed E-state index contributed by atoms with van der Waals surface area (Å²) in [6.45, 7) is 2.32. The van der Waals surface area contributed by atoms with Crippen molar-refractivity contribution in [1.82, 2.24) is 9.55 Å². The predicted molar refractivity (Wildman–Crippen MR) is 85.8 cm³/mol. The first kappa shape index (κ1) is 12.9. The highest BCUT2D eigenvalue weighted by molar-refractivity contribution is 7.71. The van der Waals surface area contributed by atoms with E-state index in [1.807, 2.05) is 12.1 Å². The Morgan fingerprint density at radius 3 is 2.90 bits per heavy atom. The van der Waals surface area contributed by atoms with Gasteiger partial charge in [0.2, 0.25) is 0 Å². The summed E-state index contributed by atoms with van der Waals surface area (Å²) in [6, 6.07) is 6.42.